The minimum atomic E-state index is -0.368. The summed E-state index contributed by atoms with van der Waals surface area (Å²) in [5.74, 6) is -0.368. The molecular weight excluding hydrogens is 358 g/mol. The largest absolute Gasteiger partial charge is 0.347 e. The SMILES string of the molecule is Cc1ccc(-n2c(C)cc(/C=C(/C#N)C(=O)NCc3ccccc3)c2C)c(C)c1. The highest BCUT2D eigenvalue weighted by Gasteiger charge is 2.14. The minimum absolute atomic E-state index is 0.0989. The molecule has 0 fully saturated rings. The second-order valence-corrected chi connectivity index (χ2v) is 7.29. The van der Waals surface area contributed by atoms with E-state index < -0.39 is 0 Å². The van der Waals surface area contributed by atoms with Gasteiger partial charge in [0.1, 0.15) is 11.6 Å². The molecule has 0 atom stereocenters. The lowest BCUT2D eigenvalue weighted by molar-refractivity contribution is -0.117. The number of hydrogen-bond acceptors (Lipinski definition) is 2. The van der Waals surface area contributed by atoms with Gasteiger partial charge in [0.2, 0.25) is 0 Å². The van der Waals surface area contributed by atoms with E-state index in [-0.39, 0.29) is 11.5 Å². The maximum Gasteiger partial charge on any atom is 0.262 e. The quantitative estimate of drug-likeness (QED) is 0.501. The lowest BCUT2D eigenvalue weighted by Crippen LogP contribution is -2.23. The van der Waals surface area contributed by atoms with Crippen molar-refractivity contribution in [1.82, 2.24) is 9.88 Å². The van der Waals surface area contributed by atoms with Crippen molar-refractivity contribution < 1.29 is 4.79 Å². The second kappa shape index (κ2) is 8.62. The van der Waals surface area contributed by atoms with Gasteiger partial charge in [0, 0.05) is 23.6 Å². The van der Waals surface area contributed by atoms with Crippen LogP contribution in [-0.4, -0.2) is 10.5 Å². The number of hydrogen-bond donors (Lipinski definition) is 1. The Hall–Kier alpha value is -3.58. The third-order valence-corrected chi connectivity index (χ3v) is 5.02. The molecule has 0 aliphatic carbocycles. The van der Waals surface area contributed by atoms with Crippen LogP contribution in [0.15, 0.2) is 60.2 Å². The number of nitrogens with zero attached hydrogens (tertiary/aromatic N) is 2. The van der Waals surface area contributed by atoms with Crippen molar-refractivity contribution >= 4 is 12.0 Å². The molecule has 4 nitrogen and oxygen atoms in total. The van der Waals surface area contributed by atoms with Crippen LogP contribution in [0.25, 0.3) is 11.8 Å². The average molecular weight is 383 g/mol. The highest BCUT2D eigenvalue weighted by atomic mass is 16.1. The zero-order chi connectivity index (χ0) is 21.0. The van der Waals surface area contributed by atoms with Gasteiger partial charge in [-0.05, 0) is 62.6 Å². The Bertz CT molecular complexity index is 1110. The Morgan fingerprint density at radius 1 is 1.07 bits per heavy atom. The van der Waals surface area contributed by atoms with Crippen LogP contribution in [0.1, 0.15) is 33.6 Å². The number of aromatic nitrogens is 1. The van der Waals surface area contributed by atoms with Crippen LogP contribution < -0.4 is 5.32 Å². The molecule has 146 valence electrons. The van der Waals surface area contributed by atoms with Crippen LogP contribution >= 0.6 is 0 Å². The summed E-state index contributed by atoms with van der Waals surface area (Å²) in [7, 11) is 0. The molecule has 0 saturated carbocycles. The van der Waals surface area contributed by atoms with E-state index >= 15 is 0 Å². The van der Waals surface area contributed by atoms with Crippen LogP contribution in [0.2, 0.25) is 0 Å². The maximum absolute atomic E-state index is 12.5. The molecule has 4 heteroatoms. The third-order valence-electron chi connectivity index (χ3n) is 5.02. The molecule has 0 spiro atoms. The van der Waals surface area contributed by atoms with E-state index in [4.69, 9.17) is 0 Å². The van der Waals surface area contributed by atoms with Gasteiger partial charge in [-0.3, -0.25) is 4.79 Å². The average Bonchev–Trinajstić information content (AvgIpc) is 2.98. The minimum Gasteiger partial charge on any atom is -0.347 e. The Morgan fingerprint density at radius 3 is 2.45 bits per heavy atom. The summed E-state index contributed by atoms with van der Waals surface area (Å²) in [5.41, 5.74) is 7.53. The number of nitrogens with one attached hydrogen (secondary N) is 1. The molecule has 1 aromatic heterocycles. The summed E-state index contributed by atoms with van der Waals surface area (Å²) in [6.45, 7) is 8.60. The monoisotopic (exact) mass is 383 g/mol. The maximum atomic E-state index is 12.5. The van der Waals surface area contributed by atoms with Gasteiger partial charge in [-0.2, -0.15) is 5.26 Å². The number of rotatable bonds is 5. The molecule has 3 rings (SSSR count). The van der Waals surface area contributed by atoms with E-state index in [0.29, 0.717) is 6.54 Å². The smallest absolute Gasteiger partial charge is 0.262 e. The van der Waals surface area contributed by atoms with E-state index in [1.807, 2.05) is 56.3 Å². The Morgan fingerprint density at radius 2 is 1.79 bits per heavy atom. The molecule has 0 aliphatic rings. The highest BCUT2D eigenvalue weighted by molar-refractivity contribution is 6.01. The molecule has 0 saturated heterocycles. The number of amides is 1. The molecule has 0 unspecified atom stereocenters. The first-order chi connectivity index (χ1) is 13.9. The van der Waals surface area contributed by atoms with E-state index in [2.05, 4.69) is 41.9 Å². The summed E-state index contributed by atoms with van der Waals surface area (Å²) in [6, 6.07) is 20.1. The summed E-state index contributed by atoms with van der Waals surface area (Å²) in [4.78, 5) is 12.5. The van der Waals surface area contributed by atoms with Gasteiger partial charge in [0.25, 0.3) is 5.91 Å². The van der Waals surface area contributed by atoms with Crippen LogP contribution in [-0.2, 0) is 11.3 Å². The van der Waals surface area contributed by atoms with Gasteiger partial charge in [0.05, 0.1) is 0 Å². The standard InChI is InChI=1S/C25H25N3O/c1-17-10-11-24(18(2)12-17)28-19(3)13-22(20(28)4)14-23(15-26)25(29)27-16-21-8-6-5-7-9-21/h5-14H,16H2,1-4H3,(H,27,29)/b23-14-. The first-order valence-electron chi connectivity index (χ1n) is 9.61. The highest BCUT2D eigenvalue weighted by Crippen LogP contribution is 2.25. The lowest BCUT2D eigenvalue weighted by atomic mass is 10.1. The molecule has 1 amide bonds. The van der Waals surface area contributed by atoms with E-state index in [0.717, 1.165) is 28.2 Å². The van der Waals surface area contributed by atoms with Crippen molar-refractivity contribution in [3.63, 3.8) is 0 Å². The van der Waals surface area contributed by atoms with Crippen molar-refractivity contribution in [3.8, 4) is 11.8 Å². The van der Waals surface area contributed by atoms with Gasteiger partial charge in [-0.15, -0.1) is 0 Å². The first kappa shape index (κ1) is 20.2. The predicted molar refractivity (Wildman–Crippen MR) is 117 cm³/mol. The topological polar surface area (TPSA) is 57.8 Å². The second-order valence-electron chi connectivity index (χ2n) is 7.29. The van der Waals surface area contributed by atoms with E-state index in [1.165, 1.54) is 11.1 Å². The van der Waals surface area contributed by atoms with Crippen LogP contribution in [0.3, 0.4) is 0 Å². The first-order valence-corrected chi connectivity index (χ1v) is 9.61. The summed E-state index contributed by atoms with van der Waals surface area (Å²) >= 11 is 0. The summed E-state index contributed by atoms with van der Waals surface area (Å²) in [5, 5.41) is 12.3. The van der Waals surface area contributed by atoms with Crippen LogP contribution in [0, 0.1) is 39.0 Å². The van der Waals surface area contributed by atoms with Crippen molar-refractivity contribution in [2.24, 2.45) is 0 Å². The fourth-order valence-electron chi connectivity index (χ4n) is 3.54. The molecule has 0 aliphatic heterocycles. The Balaban J connectivity index is 1.88. The Labute approximate surface area is 172 Å². The molecule has 29 heavy (non-hydrogen) atoms. The molecular formula is C25H25N3O. The zero-order valence-electron chi connectivity index (χ0n) is 17.3. The van der Waals surface area contributed by atoms with Crippen molar-refractivity contribution in [3.05, 3.63) is 93.8 Å². The zero-order valence-corrected chi connectivity index (χ0v) is 17.3. The fourth-order valence-corrected chi connectivity index (χ4v) is 3.54. The number of aryl methyl sites for hydroxylation is 3. The molecule has 3 aromatic rings. The van der Waals surface area contributed by atoms with Gasteiger partial charge in [0.15, 0.2) is 0 Å². The fraction of sp³-hybridized carbons (Fsp3) is 0.200. The van der Waals surface area contributed by atoms with Gasteiger partial charge in [-0.25, -0.2) is 0 Å². The van der Waals surface area contributed by atoms with Gasteiger partial charge < -0.3 is 9.88 Å². The molecule has 0 bridgehead atoms. The molecule has 0 radical (unpaired) electrons. The van der Waals surface area contributed by atoms with Crippen LogP contribution in [0.4, 0.5) is 0 Å². The van der Waals surface area contributed by atoms with E-state index in [9.17, 15) is 10.1 Å². The number of nitriles is 1. The number of carbonyl (C=O) groups is 1. The van der Waals surface area contributed by atoms with E-state index in [1.54, 1.807) is 6.08 Å². The molecule has 1 N–H and O–H groups in total. The predicted octanol–water partition coefficient (Wildman–Crippen LogP) is 4.93. The molecule has 2 aromatic carbocycles. The van der Waals surface area contributed by atoms with Crippen molar-refractivity contribution in [2.45, 2.75) is 34.2 Å². The van der Waals surface area contributed by atoms with Crippen molar-refractivity contribution in [2.75, 3.05) is 0 Å². The third kappa shape index (κ3) is 4.47. The van der Waals surface area contributed by atoms with Crippen molar-refractivity contribution in [1.29, 1.82) is 5.26 Å². The molecule has 1 heterocycles. The number of benzene rings is 2. The van der Waals surface area contributed by atoms with Gasteiger partial charge >= 0.3 is 0 Å². The number of carbonyl (C=O) groups excluding carboxylic acids is 1. The Kier molecular flexibility index (Phi) is 5.99. The normalized spacial score (nSPS) is 11.2. The van der Waals surface area contributed by atoms with Gasteiger partial charge in [-0.1, -0.05) is 48.0 Å². The lowest BCUT2D eigenvalue weighted by Gasteiger charge is -2.13. The summed E-state index contributed by atoms with van der Waals surface area (Å²) < 4.78 is 2.16. The summed E-state index contributed by atoms with van der Waals surface area (Å²) in [6.07, 6.45) is 1.67. The van der Waals surface area contributed by atoms with Crippen LogP contribution in [0.5, 0.6) is 0 Å².